The Morgan fingerprint density at radius 1 is 1.47 bits per heavy atom. The number of aromatic amines is 1. The van der Waals surface area contributed by atoms with Crippen molar-refractivity contribution in [3.63, 3.8) is 0 Å². The van der Waals surface area contributed by atoms with E-state index in [1.165, 1.54) is 15.6 Å². The zero-order valence-corrected chi connectivity index (χ0v) is 12.5. The van der Waals surface area contributed by atoms with Crippen LogP contribution < -0.4 is 0 Å². The van der Waals surface area contributed by atoms with E-state index in [2.05, 4.69) is 20.6 Å². The number of tetrazole rings is 1. The number of aryl methyl sites for hydroxylation is 1. The number of likely N-dealkylation sites (N-methyl/N-ethyl adjacent to an activating group) is 1. The lowest BCUT2D eigenvalue weighted by Gasteiger charge is -2.18. The van der Waals surface area contributed by atoms with Crippen LogP contribution in [0.2, 0.25) is 0 Å². The highest BCUT2D eigenvalue weighted by Gasteiger charge is 2.25. The number of rotatable bonds is 5. The summed E-state index contributed by atoms with van der Waals surface area (Å²) in [6.45, 7) is 4.04. The van der Waals surface area contributed by atoms with E-state index in [4.69, 9.17) is 0 Å². The lowest BCUT2D eigenvalue weighted by atomic mass is 10.2. The molecule has 2 aromatic rings. The SMILES string of the molecule is Cc1ccc(S(=O)(=O)N(C)CC(C)c2nn[nH]n2)s1. The summed E-state index contributed by atoms with van der Waals surface area (Å²) in [5, 5.41) is 13.6. The molecule has 0 saturated heterocycles. The zero-order valence-electron chi connectivity index (χ0n) is 10.9. The van der Waals surface area contributed by atoms with Crippen LogP contribution in [0.5, 0.6) is 0 Å². The van der Waals surface area contributed by atoms with Gasteiger partial charge < -0.3 is 0 Å². The van der Waals surface area contributed by atoms with Gasteiger partial charge in [-0.2, -0.15) is 9.52 Å². The van der Waals surface area contributed by atoms with Crippen molar-refractivity contribution in [3.8, 4) is 0 Å². The van der Waals surface area contributed by atoms with Crippen molar-refractivity contribution in [2.24, 2.45) is 0 Å². The van der Waals surface area contributed by atoms with Gasteiger partial charge in [-0.15, -0.1) is 21.5 Å². The second kappa shape index (κ2) is 5.35. The molecule has 0 aromatic carbocycles. The van der Waals surface area contributed by atoms with E-state index in [1.54, 1.807) is 19.2 Å². The van der Waals surface area contributed by atoms with Gasteiger partial charge >= 0.3 is 0 Å². The van der Waals surface area contributed by atoms with E-state index in [0.29, 0.717) is 16.6 Å². The van der Waals surface area contributed by atoms with Gasteiger partial charge in [0, 0.05) is 24.4 Å². The molecule has 0 bridgehead atoms. The molecule has 2 aromatic heterocycles. The number of hydrogen-bond acceptors (Lipinski definition) is 6. The Morgan fingerprint density at radius 2 is 2.21 bits per heavy atom. The Morgan fingerprint density at radius 3 is 2.74 bits per heavy atom. The van der Waals surface area contributed by atoms with Crippen LogP contribution in [-0.4, -0.2) is 46.9 Å². The average molecular weight is 301 g/mol. The molecule has 7 nitrogen and oxygen atoms in total. The molecule has 1 N–H and O–H groups in total. The Hall–Kier alpha value is -1.32. The molecular formula is C10H15N5O2S2. The summed E-state index contributed by atoms with van der Waals surface area (Å²) in [6.07, 6.45) is 0. The van der Waals surface area contributed by atoms with Gasteiger partial charge in [0.15, 0.2) is 5.82 Å². The van der Waals surface area contributed by atoms with Gasteiger partial charge in [0.1, 0.15) is 4.21 Å². The number of nitrogens with zero attached hydrogens (tertiary/aromatic N) is 4. The normalized spacial score (nSPS) is 13.9. The highest BCUT2D eigenvalue weighted by atomic mass is 32.2. The number of sulfonamides is 1. The smallest absolute Gasteiger partial charge is 0.206 e. The largest absolute Gasteiger partial charge is 0.252 e. The predicted octanol–water partition coefficient (Wildman–Crippen LogP) is 0.994. The van der Waals surface area contributed by atoms with Crippen LogP contribution in [0.25, 0.3) is 0 Å². The lowest BCUT2D eigenvalue weighted by molar-refractivity contribution is 0.441. The first-order valence-corrected chi connectivity index (χ1v) is 7.93. The van der Waals surface area contributed by atoms with E-state index in [1.807, 2.05) is 13.8 Å². The summed E-state index contributed by atoms with van der Waals surface area (Å²) in [7, 11) is -1.88. The minimum absolute atomic E-state index is 0.125. The number of nitrogens with one attached hydrogen (secondary N) is 1. The van der Waals surface area contributed by atoms with Crippen molar-refractivity contribution >= 4 is 21.4 Å². The van der Waals surface area contributed by atoms with Crippen LogP contribution in [0.4, 0.5) is 0 Å². The minimum atomic E-state index is -3.44. The van der Waals surface area contributed by atoms with E-state index >= 15 is 0 Å². The Kier molecular flexibility index (Phi) is 3.97. The first-order chi connectivity index (χ1) is 8.91. The molecule has 0 fully saturated rings. The Balaban J connectivity index is 2.13. The molecule has 0 aliphatic rings. The topological polar surface area (TPSA) is 91.8 Å². The summed E-state index contributed by atoms with van der Waals surface area (Å²) in [6, 6.07) is 3.43. The average Bonchev–Trinajstić information content (AvgIpc) is 2.99. The maximum Gasteiger partial charge on any atom is 0.252 e. The van der Waals surface area contributed by atoms with E-state index in [0.717, 1.165) is 4.88 Å². The van der Waals surface area contributed by atoms with Crippen molar-refractivity contribution in [2.75, 3.05) is 13.6 Å². The van der Waals surface area contributed by atoms with E-state index in [-0.39, 0.29) is 5.92 Å². The van der Waals surface area contributed by atoms with Gasteiger partial charge in [0.25, 0.3) is 10.0 Å². The van der Waals surface area contributed by atoms with Crippen LogP contribution in [0.15, 0.2) is 16.3 Å². The monoisotopic (exact) mass is 301 g/mol. The Bertz CT molecular complexity index is 635. The van der Waals surface area contributed by atoms with Crippen LogP contribution >= 0.6 is 11.3 Å². The molecule has 104 valence electrons. The van der Waals surface area contributed by atoms with E-state index < -0.39 is 10.0 Å². The molecule has 2 rings (SSSR count). The number of aromatic nitrogens is 4. The molecule has 1 unspecified atom stereocenters. The maximum absolute atomic E-state index is 12.3. The van der Waals surface area contributed by atoms with Crippen LogP contribution in [0.3, 0.4) is 0 Å². The molecule has 2 heterocycles. The van der Waals surface area contributed by atoms with E-state index in [9.17, 15) is 8.42 Å². The third-order valence-electron chi connectivity index (χ3n) is 2.71. The summed E-state index contributed by atoms with van der Waals surface area (Å²) < 4.78 is 26.3. The summed E-state index contributed by atoms with van der Waals surface area (Å²) in [4.78, 5) is 0.971. The molecule has 0 radical (unpaired) electrons. The van der Waals surface area contributed by atoms with Crippen LogP contribution in [-0.2, 0) is 10.0 Å². The molecule has 0 aliphatic heterocycles. The van der Waals surface area contributed by atoms with Crippen molar-refractivity contribution < 1.29 is 8.42 Å². The standard InChI is InChI=1S/C10H15N5O2S2/c1-7(10-11-13-14-12-10)6-15(3)19(16,17)9-5-4-8(2)18-9/h4-5,7H,6H2,1-3H3,(H,11,12,13,14). The third-order valence-corrected chi connectivity index (χ3v) is 6.01. The summed E-state index contributed by atoms with van der Waals surface area (Å²) >= 11 is 1.27. The van der Waals surface area contributed by atoms with Gasteiger partial charge in [0.05, 0.1) is 0 Å². The van der Waals surface area contributed by atoms with Gasteiger partial charge in [-0.1, -0.05) is 12.1 Å². The maximum atomic E-state index is 12.3. The second-order valence-electron chi connectivity index (χ2n) is 4.32. The number of H-pyrrole nitrogens is 1. The van der Waals surface area contributed by atoms with Gasteiger partial charge in [-0.05, 0) is 19.1 Å². The van der Waals surface area contributed by atoms with Gasteiger partial charge in [0.2, 0.25) is 0 Å². The number of hydrogen-bond donors (Lipinski definition) is 1. The quantitative estimate of drug-likeness (QED) is 0.889. The molecule has 0 amide bonds. The van der Waals surface area contributed by atoms with Crippen molar-refractivity contribution in [2.45, 2.75) is 24.0 Å². The second-order valence-corrected chi connectivity index (χ2v) is 7.88. The molecule has 0 aliphatic carbocycles. The fourth-order valence-corrected chi connectivity index (χ4v) is 4.40. The van der Waals surface area contributed by atoms with Crippen molar-refractivity contribution in [1.82, 2.24) is 24.9 Å². The summed E-state index contributed by atoms with van der Waals surface area (Å²) in [5.41, 5.74) is 0. The fraction of sp³-hybridized carbons (Fsp3) is 0.500. The molecule has 0 spiro atoms. The Labute approximate surface area is 115 Å². The first kappa shape index (κ1) is 14.1. The zero-order chi connectivity index (χ0) is 14.0. The highest BCUT2D eigenvalue weighted by molar-refractivity contribution is 7.91. The third kappa shape index (κ3) is 2.99. The predicted molar refractivity (Wildman–Crippen MR) is 71.5 cm³/mol. The van der Waals surface area contributed by atoms with Crippen LogP contribution in [0.1, 0.15) is 23.5 Å². The minimum Gasteiger partial charge on any atom is -0.206 e. The molecule has 19 heavy (non-hydrogen) atoms. The van der Waals surface area contributed by atoms with Crippen molar-refractivity contribution in [1.29, 1.82) is 0 Å². The number of thiophene rings is 1. The lowest BCUT2D eigenvalue weighted by Crippen LogP contribution is -2.30. The highest BCUT2D eigenvalue weighted by Crippen LogP contribution is 2.24. The van der Waals surface area contributed by atoms with Gasteiger partial charge in [-0.25, -0.2) is 8.42 Å². The first-order valence-electron chi connectivity index (χ1n) is 5.67. The molecule has 9 heteroatoms. The molecule has 0 saturated carbocycles. The van der Waals surface area contributed by atoms with Crippen LogP contribution in [0, 0.1) is 6.92 Å². The fourth-order valence-electron chi connectivity index (χ4n) is 1.65. The molecular weight excluding hydrogens is 286 g/mol. The van der Waals surface area contributed by atoms with Crippen molar-refractivity contribution in [3.05, 3.63) is 22.8 Å². The summed E-state index contributed by atoms with van der Waals surface area (Å²) in [5.74, 6) is 0.379. The molecule has 1 atom stereocenters. The van der Waals surface area contributed by atoms with Gasteiger partial charge in [-0.3, -0.25) is 0 Å².